The number of carbonyl (C=O) groups excluding carboxylic acids is 3. The summed E-state index contributed by atoms with van der Waals surface area (Å²) < 4.78 is 10.7. The van der Waals surface area contributed by atoms with Crippen molar-refractivity contribution in [3.05, 3.63) is 47.5 Å². The number of aldehydes is 1. The van der Waals surface area contributed by atoms with Crippen LogP contribution in [0.4, 0.5) is 0 Å². The van der Waals surface area contributed by atoms with E-state index in [4.69, 9.17) is 9.47 Å². The Morgan fingerprint density at radius 1 is 1.03 bits per heavy atom. The fraction of sp³-hybridized carbons (Fsp3) is 0.286. The molecule has 5 atom stereocenters. The van der Waals surface area contributed by atoms with Gasteiger partial charge in [0.05, 0.1) is 6.42 Å². The zero-order valence-electron chi connectivity index (χ0n) is 16.4. The van der Waals surface area contributed by atoms with Gasteiger partial charge < -0.3 is 44.9 Å². The summed E-state index contributed by atoms with van der Waals surface area (Å²) in [6.07, 6.45) is -9.91. The van der Waals surface area contributed by atoms with E-state index in [0.717, 1.165) is 12.1 Å². The zero-order valence-corrected chi connectivity index (χ0v) is 16.4. The predicted octanol–water partition coefficient (Wildman–Crippen LogP) is -0.648. The molecule has 0 radical (unpaired) electrons. The van der Waals surface area contributed by atoms with Crippen LogP contribution in [0.2, 0.25) is 0 Å². The number of ketones is 1. The quantitative estimate of drug-likeness (QED) is 0.179. The second kappa shape index (κ2) is 9.32. The number of aromatic hydroxyl groups is 2. The Hall–Kier alpha value is -3.51. The summed E-state index contributed by atoms with van der Waals surface area (Å²) in [7, 11) is 0. The van der Waals surface area contributed by atoms with Gasteiger partial charge >= 0.3 is 5.97 Å². The van der Waals surface area contributed by atoms with Gasteiger partial charge in [-0.1, -0.05) is 12.1 Å². The molecule has 11 nitrogen and oxygen atoms in total. The van der Waals surface area contributed by atoms with E-state index in [2.05, 4.69) is 0 Å². The summed E-state index contributed by atoms with van der Waals surface area (Å²) in [5.74, 6) is -3.01. The van der Waals surface area contributed by atoms with Gasteiger partial charge in [-0.2, -0.15) is 0 Å². The molecule has 1 heterocycles. The van der Waals surface area contributed by atoms with Crippen LogP contribution >= 0.6 is 0 Å². The molecule has 170 valence electrons. The molecule has 2 aromatic rings. The molecule has 32 heavy (non-hydrogen) atoms. The van der Waals surface area contributed by atoms with E-state index in [1.807, 2.05) is 0 Å². The Balaban J connectivity index is 1.84. The number of hydrogen-bond donors (Lipinski definition) is 6. The molecular weight excluding hydrogens is 428 g/mol. The fourth-order valence-corrected chi connectivity index (χ4v) is 3.14. The maximum absolute atomic E-state index is 12.8. The standard InChI is InChI=1S/C21H20O11/c22-8-13(26)18(27)19(28)20(29)21(30)32-16-6-11(24)5-15-17(16)12(25)7-14(31-15)9-1-3-10(23)4-2-9/h1-6,8,13-14,18-20,23-24,26-29H,7H2/t13-,14?,18+,19-,20-/m0/s1. The molecule has 0 bridgehead atoms. The minimum Gasteiger partial charge on any atom is -0.508 e. The molecule has 3 rings (SSSR count). The highest BCUT2D eigenvalue weighted by Gasteiger charge is 2.37. The Morgan fingerprint density at radius 3 is 2.31 bits per heavy atom. The highest BCUT2D eigenvalue weighted by atomic mass is 16.6. The average molecular weight is 448 g/mol. The number of Topliss-reactive ketones (excluding diaryl/α,β-unsaturated/α-hetero) is 1. The van der Waals surface area contributed by atoms with Gasteiger partial charge in [-0.15, -0.1) is 0 Å². The Kier molecular flexibility index (Phi) is 6.75. The number of hydrogen-bond acceptors (Lipinski definition) is 11. The van der Waals surface area contributed by atoms with Crippen LogP contribution in [0, 0.1) is 0 Å². The molecule has 1 aliphatic heterocycles. The van der Waals surface area contributed by atoms with Crippen LogP contribution in [-0.4, -0.2) is 73.1 Å². The predicted molar refractivity (Wildman–Crippen MR) is 104 cm³/mol. The van der Waals surface area contributed by atoms with Crippen LogP contribution in [0.1, 0.15) is 28.4 Å². The van der Waals surface area contributed by atoms with Gasteiger partial charge in [0.15, 0.2) is 18.2 Å². The Bertz CT molecular complexity index is 1020. The molecule has 0 amide bonds. The van der Waals surface area contributed by atoms with E-state index >= 15 is 0 Å². The van der Waals surface area contributed by atoms with Crippen LogP contribution in [0.3, 0.4) is 0 Å². The van der Waals surface area contributed by atoms with E-state index in [9.17, 15) is 45.0 Å². The molecule has 11 heteroatoms. The van der Waals surface area contributed by atoms with Gasteiger partial charge in [-0.25, -0.2) is 4.79 Å². The number of phenolic OH excluding ortho intramolecular Hbond substituents is 2. The highest BCUT2D eigenvalue weighted by Crippen LogP contribution is 2.42. The van der Waals surface area contributed by atoms with E-state index in [0.29, 0.717) is 5.56 Å². The van der Waals surface area contributed by atoms with Crippen LogP contribution in [0.5, 0.6) is 23.0 Å². The number of ether oxygens (including phenoxy) is 2. The zero-order chi connectivity index (χ0) is 23.6. The third-order valence-corrected chi connectivity index (χ3v) is 4.85. The third-order valence-electron chi connectivity index (χ3n) is 4.85. The molecular formula is C21H20O11. The number of rotatable bonds is 7. The first-order valence-electron chi connectivity index (χ1n) is 9.37. The number of phenols is 2. The lowest BCUT2D eigenvalue weighted by Crippen LogP contribution is -2.49. The second-order valence-electron chi connectivity index (χ2n) is 7.12. The van der Waals surface area contributed by atoms with E-state index < -0.39 is 53.8 Å². The topological polar surface area (TPSA) is 191 Å². The van der Waals surface area contributed by atoms with E-state index in [1.165, 1.54) is 12.1 Å². The van der Waals surface area contributed by atoms with Crippen LogP contribution < -0.4 is 9.47 Å². The molecule has 1 aliphatic rings. The SMILES string of the molecule is O=C[C@H](O)[C@@H](O)[C@H](O)[C@H](O)C(=O)Oc1cc(O)cc2c1C(=O)CC(c1ccc(O)cc1)O2. The lowest BCUT2D eigenvalue weighted by atomic mass is 9.95. The lowest BCUT2D eigenvalue weighted by Gasteiger charge is -2.27. The van der Waals surface area contributed by atoms with Crippen molar-refractivity contribution in [3.63, 3.8) is 0 Å². The van der Waals surface area contributed by atoms with Crippen LogP contribution in [0.15, 0.2) is 36.4 Å². The minimum atomic E-state index is -2.39. The maximum atomic E-state index is 12.8. The first-order chi connectivity index (χ1) is 15.1. The number of benzene rings is 2. The van der Waals surface area contributed by atoms with E-state index in [1.54, 1.807) is 12.1 Å². The molecule has 6 N–H and O–H groups in total. The van der Waals surface area contributed by atoms with Crippen molar-refractivity contribution in [2.75, 3.05) is 0 Å². The van der Waals surface area contributed by atoms with Crippen molar-refractivity contribution < 1.29 is 54.5 Å². The monoisotopic (exact) mass is 448 g/mol. The van der Waals surface area contributed by atoms with Gasteiger partial charge in [0.2, 0.25) is 0 Å². The summed E-state index contributed by atoms with van der Waals surface area (Å²) in [6, 6.07) is 7.99. The summed E-state index contributed by atoms with van der Waals surface area (Å²) in [6.45, 7) is 0. The molecule has 0 saturated heterocycles. The summed E-state index contributed by atoms with van der Waals surface area (Å²) in [4.78, 5) is 35.5. The molecule has 0 aromatic heterocycles. The van der Waals surface area contributed by atoms with Gasteiger partial charge in [0.1, 0.15) is 53.0 Å². The van der Waals surface area contributed by atoms with Crippen molar-refractivity contribution in [2.45, 2.75) is 36.9 Å². The smallest absolute Gasteiger partial charge is 0.343 e. The van der Waals surface area contributed by atoms with Crippen molar-refractivity contribution >= 4 is 18.0 Å². The first-order valence-corrected chi connectivity index (χ1v) is 9.37. The maximum Gasteiger partial charge on any atom is 0.343 e. The van der Waals surface area contributed by atoms with E-state index in [-0.39, 0.29) is 29.8 Å². The van der Waals surface area contributed by atoms with Gasteiger partial charge in [-0.3, -0.25) is 4.79 Å². The molecule has 0 fully saturated rings. The number of fused-ring (bicyclic) bond motifs is 1. The van der Waals surface area contributed by atoms with Gasteiger partial charge in [-0.05, 0) is 17.7 Å². The largest absolute Gasteiger partial charge is 0.508 e. The number of aliphatic hydroxyl groups is 4. The number of esters is 1. The number of carbonyl (C=O) groups is 3. The minimum absolute atomic E-state index is 0.0228. The molecule has 2 aromatic carbocycles. The van der Waals surface area contributed by atoms with Gasteiger partial charge in [0, 0.05) is 12.1 Å². The van der Waals surface area contributed by atoms with Crippen LogP contribution in [-0.2, 0) is 9.59 Å². The van der Waals surface area contributed by atoms with Crippen LogP contribution in [0.25, 0.3) is 0 Å². The van der Waals surface area contributed by atoms with Crippen molar-refractivity contribution in [1.82, 2.24) is 0 Å². The summed E-state index contributed by atoms with van der Waals surface area (Å²) >= 11 is 0. The summed E-state index contributed by atoms with van der Waals surface area (Å²) in [5, 5.41) is 57.9. The van der Waals surface area contributed by atoms with Crippen molar-refractivity contribution in [1.29, 1.82) is 0 Å². The molecule has 0 aliphatic carbocycles. The Labute approximate surface area is 180 Å². The lowest BCUT2D eigenvalue weighted by molar-refractivity contribution is -0.161. The normalized spacial score (nSPS) is 19.1. The number of aliphatic hydroxyl groups excluding tert-OH is 4. The Morgan fingerprint density at radius 2 is 1.69 bits per heavy atom. The fourth-order valence-electron chi connectivity index (χ4n) is 3.14. The summed E-state index contributed by atoms with van der Waals surface area (Å²) in [5.41, 5.74) is 0.381. The van der Waals surface area contributed by atoms with Crippen molar-refractivity contribution in [3.8, 4) is 23.0 Å². The molecule has 1 unspecified atom stereocenters. The highest BCUT2D eigenvalue weighted by molar-refractivity contribution is 6.03. The van der Waals surface area contributed by atoms with Gasteiger partial charge in [0.25, 0.3) is 0 Å². The molecule has 0 spiro atoms. The first kappa shape index (κ1) is 23.2. The average Bonchev–Trinajstić information content (AvgIpc) is 2.76. The molecule has 0 saturated carbocycles. The second-order valence-corrected chi connectivity index (χ2v) is 7.12. The third kappa shape index (κ3) is 4.70. The van der Waals surface area contributed by atoms with Crippen molar-refractivity contribution in [2.24, 2.45) is 0 Å².